The molecule has 2 nitrogen and oxygen atoms in total. The monoisotopic (exact) mass is 278 g/mol. The lowest BCUT2D eigenvalue weighted by atomic mass is 9.66. The predicted octanol–water partition coefficient (Wildman–Crippen LogP) is 3.85. The third-order valence-corrected chi connectivity index (χ3v) is 5.53. The molecule has 0 bridgehead atoms. The SMILES string of the molecule is COc1c#cc2c3c(ccc2c1)[C@@H]1CCC(=O)[C@@]1(C)CC3. The second-order valence-corrected chi connectivity index (χ2v) is 6.49. The topological polar surface area (TPSA) is 26.3 Å². The second kappa shape index (κ2) is 4.24. The molecular weight excluding hydrogens is 260 g/mol. The Hall–Kier alpha value is -2.01. The maximum atomic E-state index is 12.3. The van der Waals surface area contributed by atoms with Gasteiger partial charge in [0.2, 0.25) is 0 Å². The molecule has 4 rings (SSSR count). The van der Waals surface area contributed by atoms with Crippen molar-refractivity contribution in [1.29, 1.82) is 0 Å². The summed E-state index contributed by atoms with van der Waals surface area (Å²) in [5.74, 6) is 1.55. The van der Waals surface area contributed by atoms with Crippen LogP contribution in [0.2, 0.25) is 0 Å². The summed E-state index contributed by atoms with van der Waals surface area (Å²) in [6.45, 7) is 2.16. The Morgan fingerprint density at radius 1 is 1.29 bits per heavy atom. The number of Topliss-reactive ketones (excluding diaryl/α,β-unsaturated/α-hetero) is 1. The van der Waals surface area contributed by atoms with E-state index in [9.17, 15) is 4.79 Å². The molecule has 2 aromatic carbocycles. The van der Waals surface area contributed by atoms with Gasteiger partial charge in [-0.3, -0.25) is 4.79 Å². The molecule has 0 amide bonds. The van der Waals surface area contributed by atoms with E-state index in [0.29, 0.717) is 11.7 Å². The summed E-state index contributed by atoms with van der Waals surface area (Å²) < 4.78 is 5.23. The normalized spacial score (nSPS) is 27.1. The zero-order valence-corrected chi connectivity index (χ0v) is 12.5. The summed E-state index contributed by atoms with van der Waals surface area (Å²) in [6, 6.07) is 12.7. The van der Waals surface area contributed by atoms with Gasteiger partial charge in [0.1, 0.15) is 5.78 Å². The fourth-order valence-corrected chi connectivity index (χ4v) is 4.23. The molecule has 0 aliphatic heterocycles. The summed E-state index contributed by atoms with van der Waals surface area (Å²) in [4.78, 5) is 12.3. The van der Waals surface area contributed by atoms with Crippen molar-refractivity contribution in [3.05, 3.63) is 41.5 Å². The van der Waals surface area contributed by atoms with E-state index in [2.05, 4.69) is 31.2 Å². The molecular formula is C19H18O2. The standard InChI is InChI=1S/C19H18O2/c1-19-10-9-15-14-6-4-13(21-2)11-12(14)3-5-16(15)17(19)7-8-18(19)20/h3,5,11,17H,7-10H2,1-2H3/t17-,19-/m0/s1. The van der Waals surface area contributed by atoms with Crippen molar-refractivity contribution in [2.45, 2.75) is 38.5 Å². The molecule has 2 aliphatic carbocycles. The van der Waals surface area contributed by atoms with E-state index in [1.165, 1.54) is 11.1 Å². The molecule has 0 heterocycles. The highest BCUT2D eigenvalue weighted by atomic mass is 16.5. The number of ketones is 1. The van der Waals surface area contributed by atoms with E-state index in [0.717, 1.165) is 42.2 Å². The van der Waals surface area contributed by atoms with Gasteiger partial charge in [0.25, 0.3) is 0 Å². The molecule has 2 atom stereocenters. The molecule has 0 unspecified atom stereocenters. The van der Waals surface area contributed by atoms with Gasteiger partial charge in [-0.1, -0.05) is 25.1 Å². The first-order chi connectivity index (χ1) is 10.1. The van der Waals surface area contributed by atoms with E-state index in [1.807, 2.05) is 6.07 Å². The molecule has 0 radical (unpaired) electrons. The van der Waals surface area contributed by atoms with Crippen LogP contribution in [0.1, 0.15) is 43.2 Å². The highest BCUT2D eigenvalue weighted by Gasteiger charge is 2.49. The van der Waals surface area contributed by atoms with Crippen LogP contribution in [0.4, 0.5) is 0 Å². The van der Waals surface area contributed by atoms with Gasteiger partial charge in [-0.25, -0.2) is 0 Å². The maximum Gasteiger partial charge on any atom is 0.170 e. The van der Waals surface area contributed by atoms with Gasteiger partial charge in [0.15, 0.2) is 5.75 Å². The molecule has 2 aliphatic rings. The molecule has 1 fully saturated rings. The minimum atomic E-state index is -0.142. The van der Waals surface area contributed by atoms with E-state index in [4.69, 9.17) is 4.74 Å². The Balaban J connectivity index is 1.91. The molecule has 106 valence electrons. The number of aryl methyl sites for hydroxylation is 1. The Labute approximate surface area is 125 Å². The van der Waals surface area contributed by atoms with Gasteiger partial charge in [0, 0.05) is 17.2 Å². The van der Waals surface area contributed by atoms with Gasteiger partial charge >= 0.3 is 0 Å². The molecule has 21 heavy (non-hydrogen) atoms. The minimum Gasteiger partial charge on any atom is -0.489 e. The number of carbonyl (C=O) groups is 1. The summed E-state index contributed by atoms with van der Waals surface area (Å²) >= 11 is 0. The third kappa shape index (κ3) is 1.64. The first-order valence-corrected chi connectivity index (χ1v) is 7.60. The van der Waals surface area contributed by atoms with Crippen molar-refractivity contribution >= 4 is 16.6 Å². The Bertz CT molecular complexity index is 747. The van der Waals surface area contributed by atoms with E-state index < -0.39 is 0 Å². The molecule has 1 saturated carbocycles. The quantitative estimate of drug-likeness (QED) is 0.792. The number of ether oxygens (including phenoxy) is 1. The lowest BCUT2D eigenvalue weighted by molar-refractivity contribution is -0.126. The number of carbonyl (C=O) groups excluding carboxylic acids is 1. The van der Waals surface area contributed by atoms with Crippen molar-refractivity contribution in [2.75, 3.05) is 7.11 Å². The number of hydrogen-bond acceptors (Lipinski definition) is 2. The van der Waals surface area contributed by atoms with Crippen LogP contribution in [-0.2, 0) is 11.2 Å². The van der Waals surface area contributed by atoms with Gasteiger partial charge in [-0.2, -0.15) is 0 Å². The van der Waals surface area contributed by atoms with Gasteiger partial charge in [-0.05, 0) is 53.8 Å². The van der Waals surface area contributed by atoms with Crippen molar-refractivity contribution in [3.63, 3.8) is 0 Å². The van der Waals surface area contributed by atoms with Gasteiger partial charge in [0.05, 0.1) is 7.11 Å². The fourth-order valence-electron chi connectivity index (χ4n) is 4.23. The van der Waals surface area contributed by atoms with Gasteiger partial charge < -0.3 is 4.74 Å². The molecule has 0 saturated heterocycles. The number of benzene rings is 1. The first-order valence-electron chi connectivity index (χ1n) is 7.60. The number of hydrogen-bond donors (Lipinski definition) is 0. The summed E-state index contributed by atoms with van der Waals surface area (Å²) in [6.07, 6.45) is 3.65. The van der Waals surface area contributed by atoms with E-state index >= 15 is 0 Å². The largest absolute Gasteiger partial charge is 0.489 e. The molecule has 0 aromatic heterocycles. The first kappa shape index (κ1) is 12.7. The van der Waals surface area contributed by atoms with E-state index in [1.54, 1.807) is 7.11 Å². The van der Waals surface area contributed by atoms with Crippen LogP contribution in [0, 0.1) is 17.5 Å². The average molecular weight is 278 g/mol. The minimum absolute atomic E-state index is 0.142. The van der Waals surface area contributed by atoms with Crippen LogP contribution in [0.15, 0.2) is 18.2 Å². The van der Waals surface area contributed by atoms with Crippen molar-refractivity contribution in [2.24, 2.45) is 5.41 Å². The number of fused-ring (bicyclic) bond motifs is 5. The number of rotatable bonds is 1. The summed E-state index contributed by atoms with van der Waals surface area (Å²) in [7, 11) is 1.65. The van der Waals surface area contributed by atoms with Crippen molar-refractivity contribution < 1.29 is 9.53 Å². The van der Waals surface area contributed by atoms with Crippen LogP contribution >= 0.6 is 0 Å². The molecule has 2 aromatic rings. The smallest absolute Gasteiger partial charge is 0.170 e. The molecule has 0 spiro atoms. The Morgan fingerprint density at radius 3 is 2.95 bits per heavy atom. The van der Waals surface area contributed by atoms with Crippen LogP contribution in [0.5, 0.6) is 5.75 Å². The highest BCUT2D eigenvalue weighted by Crippen LogP contribution is 2.54. The summed E-state index contributed by atoms with van der Waals surface area (Å²) in [5.41, 5.74) is 2.58. The zero-order chi connectivity index (χ0) is 14.6. The highest BCUT2D eigenvalue weighted by molar-refractivity contribution is 5.91. The van der Waals surface area contributed by atoms with Crippen LogP contribution < -0.4 is 4.74 Å². The average Bonchev–Trinajstić information content (AvgIpc) is 2.82. The summed E-state index contributed by atoms with van der Waals surface area (Å²) in [5, 5.41) is 2.30. The Morgan fingerprint density at radius 2 is 2.14 bits per heavy atom. The van der Waals surface area contributed by atoms with E-state index in [-0.39, 0.29) is 5.41 Å². The third-order valence-electron chi connectivity index (χ3n) is 5.53. The Kier molecular flexibility index (Phi) is 2.57. The van der Waals surface area contributed by atoms with Crippen molar-refractivity contribution in [1.82, 2.24) is 0 Å². The maximum absolute atomic E-state index is 12.3. The van der Waals surface area contributed by atoms with Crippen LogP contribution in [0.25, 0.3) is 10.8 Å². The molecule has 2 heteroatoms. The van der Waals surface area contributed by atoms with Crippen molar-refractivity contribution in [3.8, 4) is 5.75 Å². The predicted molar refractivity (Wildman–Crippen MR) is 81.6 cm³/mol. The lowest BCUT2D eigenvalue weighted by Crippen LogP contribution is -2.32. The van der Waals surface area contributed by atoms with Crippen LogP contribution in [-0.4, -0.2) is 12.9 Å². The van der Waals surface area contributed by atoms with Gasteiger partial charge in [-0.15, -0.1) is 0 Å². The number of methoxy groups -OCH3 is 1. The fraction of sp³-hybridized carbons (Fsp3) is 0.421. The molecule has 0 N–H and O–H groups in total. The van der Waals surface area contributed by atoms with Crippen LogP contribution in [0.3, 0.4) is 0 Å². The second-order valence-electron chi connectivity index (χ2n) is 6.49. The zero-order valence-electron chi connectivity index (χ0n) is 12.5. The lowest BCUT2D eigenvalue weighted by Gasteiger charge is -2.36.